The minimum absolute atomic E-state index is 0.0145. The lowest BCUT2D eigenvalue weighted by molar-refractivity contribution is 0.0966. The van der Waals surface area contributed by atoms with Crippen LogP contribution in [0.4, 0.5) is 0 Å². The Morgan fingerprint density at radius 3 is 1.58 bits per heavy atom. The van der Waals surface area contributed by atoms with Gasteiger partial charge in [-0.3, -0.25) is 0 Å². The van der Waals surface area contributed by atoms with Crippen LogP contribution in [-0.4, -0.2) is 20.9 Å². The molecule has 0 aliphatic heterocycles. The van der Waals surface area contributed by atoms with Crippen molar-refractivity contribution < 1.29 is 16.8 Å². The number of hydrogen-bond donors (Lipinski definition) is 0. The Morgan fingerprint density at radius 1 is 0.606 bits per heavy atom. The van der Waals surface area contributed by atoms with Crippen molar-refractivity contribution in [1.29, 1.82) is 0 Å². The lowest BCUT2D eigenvalue weighted by Gasteiger charge is -2.60. The standard InChI is InChI=1S/C27H24O4S2/c28-32(29,22-12-6-2-7-13-22)27(33(30,31)23-14-8-3-9-15-23)25(19-10-4-1-5-11-19)24-20-16-17-21(18-20)26(24)27/h1-17,20-21,24-26H,18H2/t20-,21+,24-,25-,26-/m1/s1. The molecule has 0 aromatic heterocycles. The predicted molar refractivity (Wildman–Crippen MR) is 127 cm³/mol. The molecule has 3 aliphatic rings. The quantitative estimate of drug-likeness (QED) is 0.493. The molecule has 3 aromatic carbocycles. The summed E-state index contributed by atoms with van der Waals surface area (Å²) in [7, 11) is -8.53. The summed E-state index contributed by atoms with van der Waals surface area (Å²) < 4.78 is 56.3. The summed E-state index contributed by atoms with van der Waals surface area (Å²) >= 11 is 0. The summed E-state index contributed by atoms with van der Waals surface area (Å²) in [6.07, 6.45) is 5.02. The maximum Gasteiger partial charge on any atom is 0.199 e. The van der Waals surface area contributed by atoms with Crippen LogP contribution in [0.3, 0.4) is 0 Å². The van der Waals surface area contributed by atoms with E-state index in [0.717, 1.165) is 12.0 Å². The first-order valence-corrected chi connectivity index (χ1v) is 14.2. The first kappa shape index (κ1) is 20.9. The number of sulfone groups is 2. The summed E-state index contributed by atoms with van der Waals surface area (Å²) in [5.74, 6) is -0.987. The van der Waals surface area contributed by atoms with Gasteiger partial charge in [-0.15, -0.1) is 0 Å². The predicted octanol–water partition coefficient (Wildman–Crippen LogP) is 4.87. The highest BCUT2D eigenvalue weighted by Crippen LogP contribution is 2.74. The van der Waals surface area contributed by atoms with E-state index in [1.165, 1.54) is 24.3 Å². The second-order valence-electron chi connectivity index (χ2n) is 9.29. The number of fused-ring (bicyclic) bond motifs is 5. The molecule has 4 nitrogen and oxygen atoms in total. The van der Waals surface area contributed by atoms with Gasteiger partial charge in [0.2, 0.25) is 0 Å². The van der Waals surface area contributed by atoms with Crippen LogP contribution >= 0.6 is 0 Å². The van der Waals surface area contributed by atoms with Gasteiger partial charge in [0.05, 0.1) is 9.79 Å². The van der Waals surface area contributed by atoms with Crippen LogP contribution < -0.4 is 0 Å². The molecule has 0 spiro atoms. The molecule has 2 fully saturated rings. The van der Waals surface area contributed by atoms with E-state index in [9.17, 15) is 16.8 Å². The molecule has 6 rings (SSSR count). The Morgan fingerprint density at radius 2 is 1.06 bits per heavy atom. The van der Waals surface area contributed by atoms with Crippen LogP contribution in [0, 0.1) is 23.7 Å². The largest absolute Gasteiger partial charge is 0.222 e. The van der Waals surface area contributed by atoms with Gasteiger partial charge in [-0.25, -0.2) is 16.8 Å². The van der Waals surface area contributed by atoms with Gasteiger partial charge < -0.3 is 0 Å². The molecule has 0 heterocycles. The first-order valence-electron chi connectivity index (χ1n) is 11.2. The first-order chi connectivity index (χ1) is 15.9. The average Bonchev–Trinajstić information content (AvgIpc) is 3.40. The maximum absolute atomic E-state index is 14.6. The third-order valence-electron chi connectivity index (χ3n) is 7.91. The molecule has 0 radical (unpaired) electrons. The second kappa shape index (κ2) is 7.15. The third kappa shape index (κ3) is 2.56. The van der Waals surface area contributed by atoms with Crippen molar-refractivity contribution in [2.24, 2.45) is 23.7 Å². The average molecular weight is 477 g/mol. The van der Waals surface area contributed by atoms with Crippen LogP contribution in [0.2, 0.25) is 0 Å². The van der Waals surface area contributed by atoms with Gasteiger partial charge in [-0.05, 0) is 54.0 Å². The molecule has 0 amide bonds. The van der Waals surface area contributed by atoms with Crippen molar-refractivity contribution in [3.63, 3.8) is 0 Å². The van der Waals surface area contributed by atoms with Gasteiger partial charge in [-0.2, -0.15) is 0 Å². The van der Waals surface area contributed by atoms with Crippen LogP contribution in [0.15, 0.2) is 113 Å². The fourth-order valence-corrected chi connectivity index (χ4v) is 12.9. The molecule has 0 N–H and O–H groups in total. The molecule has 2 bridgehead atoms. The van der Waals surface area contributed by atoms with E-state index in [0.29, 0.717) is 0 Å². The summed E-state index contributed by atoms with van der Waals surface area (Å²) in [4.78, 5) is 0.131. The van der Waals surface area contributed by atoms with Crippen molar-refractivity contribution in [2.75, 3.05) is 0 Å². The van der Waals surface area contributed by atoms with E-state index in [1.54, 1.807) is 36.4 Å². The number of rotatable bonds is 5. The Hall–Kier alpha value is -2.70. The second-order valence-corrected chi connectivity index (χ2v) is 13.9. The summed E-state index contributed by atoms with van der Waals surface area (Å²) in [6, 6.07) is 25.6. The number of hydrogen-bond acceptors (Lipinski definition) is 4. The lowest BCUT2D eigenvalue weighted by atomic mass is 9.57. The Kier molecular flexibility index (Phi) is 4.52. The molecule has 0 saturated heterocycles. The SMILES string of the molecule is O=S(=O)(c1ccccc1)C1(S(=O)(=O)c2ccccc2)[C@H]2[C@H]([C@@H]3C=C[C@H]2C3)[C@H]1c1ccccc1. The molecule has 0 unspecified atom stereocenters. The summed E-state index contributed by atoms with van der Waals surface area (Å²) in [5, 5.41) is 0. The minimum atomic E-state index is -4.27. The normalized spacial score (nSPS) is 29.4. The number of allylic oxidation sites excluding steroid dienone is 2. The third-order valence-corrected chi connectivity index (χ3v) is 13.7. The highest BCUT2D eigenvalue weighted by molar-refractivity contribution is 8.10. The van der Waals surface area contributed by atoms with E-state index in [1.807, 2.05) is 36.4 Å². The molecular formula is C27H24O4S2. The Labute approximate surface area is 194 Å². The highest BCUT2D eigenvalue weighted by atomic mass is 32.3. The van der Waals surface area contributed by atoms with E-state index >= 15 is 0 Å². The van der Waals surface area contributed by atoms with Crippen LogP contribution in [0.25, 0.3) is 0 Å². The Bertz CT molecular complexity index is 1360. The zero-order valence-electron chi connectivity index (χ0n) is 17.9. The molecule has 3 aromatic rings. The smallest absolute Gasteiger partial charge is 0.199 e. The highest BCUT2D eigenvalue weighted by Gasteiger charge is 2.80. The van der Waals surface area contributed by atoms with Crippen molar-refractivity contribution in [3.8, 4) is 0 Å². The van der Waals surface area contributed by atoms with Crippen molar-refractivity contribution in [1.82, 2.24) is 0 Å². The summed E-state index contributed by atoms with van der Waals surface area (Å²) in [6.45, 7) is 0. The molecule has 3 aliphatic carbocycles. The van der Waals surface area contributed by atoms with Gasteiger partial charge in [0.1, 0.15) is 0 Å². The van der Waals surface area contributed by atoms with Gasteiger partial charge >= 0.3 is 0 Å². The van der Waals surface area contributed by atoms with Crippen LogP contribution in [0.5, 0.6) is 0 Å². The van der Waals surface area contributed by atoms with E-state index in [-0.39, 0.29) is 27.5 Å². The van der Waals surface area contributed by atoms with Gasteiger partial charge in [-0.1, -0.05) is 78.9 Å². The van der Waals surface area contributed by atoms with Crippen molar-refractivity contribution >= 4 is 19.7 Å². The molecule has 2 saturated carbocycles. The van der Waals surface area contributed by atoms with E-state index in [2.05, 4.69) is 6.08 Å². The van der Waals surface area contributed by atoms with Gasteiger partial charge in [0.25, 0.3) is 0 Å². The monoisotopic (exact) mass is 476 g/mol. The maximum atomic E-state index is 14.6. The van der Waals surface area contributed by atoms with Crippen LogP contribution in [-0.2, 0) is 19.7 Å². The van der Waals surface area contributed by atoms with Crippen LogP contribution in [0.1, 0.15) is 17.9 Å². The number of benzene rings is 3. The van der Waals surface area contributed by atoms with Gasteiger partial charge in [0, 0.05) is 11.8 Å². The van der Waals surface area contributed by atoms with E-state index < -0.39 is 35.6 Å². The molecule has 6 heteroatoms. The lowest BCUT2D eigenvalue weighted by Crippen LogP contribution is -2.69. The Balaban J connectivity index is 1.70. The fourth-order valence-electron chi connectivity index (χ4n) is 6.76. The molecular weight excluding hydrogens is 452 g/mol. The fraction of sp³-hybridized carbons (Fsp3) is 0.259. The van der Waals surface area contributed by atoms with E-state index in [4.69, 9.17) is 0 Å². The zero-order chi connectivity index (χ0) is 22.8. The summed E-state index contributed by atoms with van der Waals surface area (Å²) in [5.41, 5.74) is 0.777. The minimum Gasteiger partial charge on any atom is -0.222 e. The topological polar surface area (TPSA) is 68.3 Å². The van der Waals surface area contributed by atoms with Gasteiger partial charge in [0.15, 0.2) is 23.8 Å². The van der Waals surface area contributed by atoms with Crippen molar-refractivity contribution in [3.05, 3.63) is 109 Å². The zero-order valence-corrected chi connectivity index (χ0v) is 19.5. The molecule has 5 atom stereocenters. The van der Waals surface area contributed by atoms with Crippen molar-refractivity contribution in [2.45, 2.75) is 26.2 Å². The molecule has 33 heavy (non-hydrogen) atoms. The molecule has 168 valence electrons.